The van der Waals surface area contributed by atoms with Gasteiger partial charge in [-0.05, 0) is 17.7 Å². The van der Waals surface area contributed by atoms with Crippen molar-refractivity contribution >= 4 is 17.6 Å². The van der Waals surface area contributed by atoms with Gasteiger partial charge in [-0.3, -0.25) is 4.79 Å². The van der Waals surface area contributed by atoms with Gasteiger partial charge in [0.05, 0.1) is 24.2 Å². The summed E-state index contributed by atoms with van der Waals surface area (Å²) in [4.78, 5) is 23.7. The van der Waals surface area contributed by atoms with E-state index in [1.165, 1.54) is 25.4 Å². The number of carbonyl (C=O) groups is 1. The van der Waals surface area contributed by atoms with Crippen molar-refractivity contribution in [3.05, 3.63) is 68.3 Å². The highest BCUT2D eigenvalue weighted by Gasteiger charge is 2.14. The van der Waals surface area contributed by atoms with E-state index in [2.05, 4.69) is 4.74 Å². The molecule has 0 saturated carbocycles. The molecule has 112 valence electrons. The Morgan fingerprint density at radius 2 is 2.23 bits per heavy atom. The van der Waals surface area contributed by atoms with Crippen molar-refractivity contribution in [3.8, 4) is 6.07 Å². The molecule has 0 bridgehead atoms. The summed E-state index contributed by atoms with van der Waals surface area (Å²) in [6.45, 7) is -0.0745. The molecule has 1 aromatic heterocycles. The van der Waals surface area contributed by atoms with Crippen molar-refractivity contribution in [1.82, 2.24) is 4.57 Å². The highest BCUT2D eigenvalue weighted by molar-refractivity contribution is 6.31. The maximum atomic E-state index is 13.4. The lowest BCUT2D eigenvalue weighted by Crippen LogP contribution is -2.24. The van der Waals surface area contributed by atoms with Crippen LogP contribution in [0.15, 0.2) is 35.3 Å². The summed E-state index contributed by atoms with van der Waals surface area (Å²) < 4.78 is 19.1. The van der Waals surface area contributed by atoms with Crippen LogP contribution in [0.3, 0.4) is 0 Å². The molecule has 0 aliphatic heterocycles. The van der Waals surface area contributed by atoms with Gasteiger partial charge in [0.15, 0.2) is 0 Å². The predicted molar refractivity (Wildman–Crippen MR) is 77.3 cm³/mol. The second-order valence-electron chi connectivity index (χ2n) is 4.39. The number of hydrogen-bond donors (Lipinski definition) is 0. The number of methoxy groups -OCH3 is 1. The molecule has 0 N–H and O–H groups in total. The molecule has 0 spiro atoms. The fourth-order valence-electron chi connectivity index (χ4n) is 1.92. The smallest absolute Gasteiger partial charge is 0.339 e. The zero-order chi connectivity index (χ0) is 16.3. The minimum absolute atomic E-state index is 0.0474. The number of rotatable bonds is 3. The standard InChI is InChI=1S/C15H10ClFN2O3/c1-22-15(21)11-5-10(6-18)14(20)19(8-11)7-9-3-2-4-12(17)13(9)16/h2-5,8H,7H2,1H3. The van der Waals surface area contributed by atoms with E-state index in [1.807, 2.05) is 0 Å². The third-order valence-electron chi connectivity index (χ3n) is 3.00. The van der Waals surface area contributed by atoms with Gasteiger partial charge in [0.1, 0.15) is 17.4 Å². The van der Waals surface area contributed by atoms with Crippen molar-refractivity contribution in [3.63, 3.8) is 0 Å². The number of aromatic nitrogens is 1. The minimum atomic E-state index is -0.685. The van der Waals surface area contributed by atoms with Crippen molar-refractivity contribution in [2.24, 2.45) is 0 Å². The van der Waals surface area contributed by atoms with Crippen molar-refractivity contribution in [1.29, 1.82) is 5.26 Å². The third-order valence-corrected chi connectivity index (χ3v) is 3.42. The summed E-state index contributed by atoms with van der Waals surface area (Å²) in [6, 6.07) is 7.07. The normalized spacial score (nSPS) is 10.1. The molecular formula is C15H10ClFN2O3. The van der Waals surface area contributed by atoms with Crippen LogP contribution in [-0.4, -0.2) is 17.6 Å². The van der Waals surface area contributed by atoms with Crippen LogP contribution in [0.25, 0.3) is 0 Å². The van der Waals surface area contributed by atoms with E-state index in [0.29, 0.717) is 5.56 Å². The van der Waals surface area contributed by atoms with Crippen molar-refractivity contribution < 1.29 is 13.9 Å². The van der Waals surface area contributed by atoms with E-state index in [0.717, 1.165) is 10.6 Å². The highest BCUT2D eigenvalue weighted by Crippen LogP contribution is 2.20. The Hall–Kier alpha value is -2.65. The Kier molecular flexibility index (Phi) is 4.59. The van der Waals surface area contributed by atoms with Crippen LogP contribution in [0.4, 0.5) is 4.39 Å². The minimum Gasteiger partial charge on any atom is -0.465 e. The maximum absolute atomic E-state index is 13.4. The van der Waals surface area contributed by atoms with Crippen LogP contribution in [0.5, 0.6) is 0 Å². The molecule has 1 heterocycles. The van der Waals surface area contributed by atoms with Gasteiger partial charge in [-0.25, -0.2) is 9.18 Å². The molecule has 0 unspecified atom stereocenters. The molecule has 1 aromatic carbocycles. The Morgan fingerprint density at radius 1 is 1.50 bits per heavy atom. The number of nitrogens with zero attached hydrogens (tertiary/aromatic N) is 2. The lowest BCUT2D eigenvalue weighted by atomic mass is 10.1. The van der Waals surface area contributed by atoms with E-state index in [1.54, 1.807) is 12.1 Å². The number of esters is 1. The topological polar surface area (TPSA) is 72.1 Å². The average molecular weight is 321 g/mol. The average Bonchev–Trinajstić information content (AvgIpc) is 2.52. The van der Waals surface area contributed by atoms with Gasteiger partial charge < -0.3 is 9.30 Å². The Morgan fingerprint density at radius 3 is 2.86 bits per heavy atom. The summed E-state index contributed by atoms with van der Waals surface area (Å²) in [5, 5.41) is 8.87. The van der Waals surface area contributed by atoms with Gasteiger partial charge in [0.25, 0.3) is 5.56 Å². The van der Waals surface area contributed by atoms with Gasteiger partial charge in [-0.2, -0.15) is 5.26 Å². The first kappa shape index (κ1) is 15.7. The monoisotopic (exact) mass is 320 g/mol. The Labute approximate surface area is 130 Å². The van der Waals surface area contributed by atoms with Gasteiger partial charge in [0, 0.05) is 6.20 Å². The Bertz CT molecular complexity index is 840. The lowest BCUT2D eigenvalue weighted by molar-refractivity contribution is 0.0599. The molecule has 0 aliphatic rings. The first-order chi connectivity index (χ1) is 10.5. The molecule has 0 atom stereocenters. The van der Waals surface area contributed by atoms with Crippen LogP contribution in [-0.2, 0) is 11.3 Å². The van der Waals surface area contributed by atoms with Gasteiger partial charge in [-0.1, -0.05) is 23.7 Å². The summed E-state index contributed by atoms with van der Waals surface area (Å²) >= 11 is 5.85. The lowest BCUT2D eigenvalue weighted by Gasteiger charge is -2.10. The van der Waals surface area contributed by atoms with Crippen LogP contribution in [0.2, 0.25) is 5.02 Å². The van der Waals surface area contributed by atoms with Crippen LogP contribution in [0, 0.1) is 17.1 Å². The molecule has 0 aliphatic carbocycles. The third kappa shape index (κ3) is 3.00. The molecule has 0 saturated heterocycles. The van der Waals surface area contributed by atoms with Gasteiger partial charge >= 0.3 is 5.97 Å². The van der Waals surface area contributed by atoms with Gasteiger partial charge in [0.2, 0.25) is 0 Å². The zero-order valence-electron chi connectivity index (χ0n) is 11.5. The van der Waals surface area contributed by atoms with E-state index in [9.17, 15) is 14.0 Å². The highest BCUT2D eigenvalue weighted by atomic mass is 35.5. The summed E-state index contributed by atoms with van der Waals surface area (Å²) in [7, 11) is 1.19. The van der Waals surface area contributed by atoms with E-state index in [-0.39, 0.29) is 22.7 Å². The number of hydrogen-bond acceptors (Lipinski definition) is 4. The quantitative estimate of drug-likeness (QED) is 0.814. The molecule has 2 aromatic rings. The SMILES string of the molecule is COC(=O)c1cc(C#N)c(=O)n(Cc2cccc(F)c2Cl)c1. The van der Waals surface area contributed by atoms with Gasteiger partial charge in [-0.15, -0.1) is 0 Å². The molecular weight excluding hydrogens is 311 g/mol. The second kappa shape index (κ2) is 6.41. The van der Waals surface area contributed by atoms with E-state index >= 15 is 0 Å². The number of nitriles is 1. The van der Waals surface area contributed by atoms with Crippen LogP contribution in [0.1, 0.15) is 21.5 Å². The van der Waals surface area contributed by atoms with Crippen molar-refractivity contribution in [2.45, 2.75) is 6.54 Å². The maximum Gasteiger partial charge on any atom is 0.339 e. The molecule has 0 amide bonds. The second-order valence-corrected chi connectivity index (χ2v) is 4.77. The van der Waals surface area contributed by atoms with Crippen molar-refractivity contribution in [2.75, 3.05) is 7.11 Å². The number of carbonyl (C=O) groups excluding carboxylic acids is 1. The van der Waals surface area contributed by atoms with Crippen LogP contribution >= 0.6 is 11.6 Å². The fraction of sp³-hybridized carbons (Fsp3) is 0.133. The summed E-state index contributed by atoms with van der Waals surface area (Å²) in [5.41, 5.74) is -0.410. The van der Waals surface area contributed by atoms with Crippen LogP contribution < -0.4 is 5.56 Å². The fourth-order valence-corrected chi connectivity index (χ4v) is 2.10. The molecule has 2 rings (SSSR count). The first-order valence-electron chi connectivity index (χ1n) is 6.13. The van der Waals surface area contributed by atoms with E-state index in [4.69, 9.17) is 16.9 Å². The molecule has 0 radical (unpaired) electrons. The summed E-state index contributed by atoms with van der Waals surface area (Å²) in [5.74, 6) is -1.30. The number of ether oxygens (including phenoxy) is 1. The zero-order valence-corrected chi connectivity index (χ0v) is 12.2. The number of benzene rings is 1. The van der Waals surface area contributed by atoms with E-state index < -0.39 is 17.3 Å². The summed E-state index contributed by atoms with van der Waals surface area (Å²) in [6.07, 6.45) is 1.25. The molecule has 7 heteroatoms. The molecule has 0 fully saturated rings. The molecule has 22 heavy (non-hydrogen) atoms. The Balaban J connectivity index is 2.55. The number of halogens is 2. The first-order valence-corrected chi connectivity index (χ1v) is 6.51. The largest absolute Gasteiger partial charge is 0.465 e. The molecule has 5 nitrogen and oxygen atoms in total. The number of pyridine rings is 1. The predicted octanol–water partition coefficient (Wildman–Crippen LogP) is 2.35.